The number of hydrogen-bond donors (Lipinski definition) is 3. The number of imidazole rings is 1. The Balaban J connectivity index is 1.38. The van der Waals surface area contributed by atoms with Crippen molar-refractivity contribution in [1.29, 1.82) is 0 Å². The van der Waals surface area contributed by atoms with Gasteiger partial charge < -0.3 is 29.6 Å². The van der Waals surface area contributed by atoms with Crippen LogP contribution in [0.3, 0.4) is 0 Å². The van der Waals surface area contributed by atoms with Crippen molar-refractivity contribution in [2.45, 2.75) is 38.3 Å². The van der Waals surface area contributed by atoms with Crippen LogP contribution in [-0.4, -0.2) is 81.8 Å². The van der Waals surface area contributed by atoms with Crippen molar-refractivity contribution in [3.63, 3.8) is 0 Å². The third-order valence-corrected chi connectivity index (χ3v) is 7.57. The van der Waals surface area contributed by atoms with Crippen LogP contribution in [0.2, 0.25) is 0 Å². The van der Waals surface area contributed by atoms with Gasteiger partial charge in [0.2, 0.25) is 17.7 Å². The van der Waals surface area contributed by atoms with Gasteiger partial charge >= 0.3 is 0 Å². The third-order valence-electron chi connectivity index (χ3n) is 7.57. The summed E-state index contributed by atoms with van der Waals surface area (Å²) in [5.74, 6) is 0.710. The van der Waals surface area contributed by atoms with E-state index >= 15 is 0 Å². The molecule has 3 heterocycles. The van der Waals surface area contributed by atoms with Crippen LogP contribution in [0.5, 0.6) is 11.5 Å². The van der Waals surface area contributed by atoms with E-state index in [0.29, 0.717) is 42.5 Å². The summed E-state index contributed by atoms with van der Waals surface area (Å²) in [6.45, 7) is 0.981. The lowest BCUT2D eigenvalue weighted by atomic mass is 10.1. The standard InChI is InChI=1S/C33H37N7O6/c1-45-27-11-8-24-21-28(27)46-19-5-16-40(31(43)13-10-25-9-12-29(41)38-37-25)22-30(42)36-26(20-23-6-3-2-4-7-23)33(44)35-15-18-39-17-14-34-32(24)39/h2-4,6-9,11-12,14,17,21,26H,5,10,13,15-16,18-20,22H2,1H3,(H,35,44)(H,36,42)(H,38,41)/t26-/m0/s1. The molecule has 4 aromatic rings. The van der Waals surface area contributed by atoms with Crippen molar-refractivity contribution >= 4 is 17.7 Å². The number of hydrogen-bond acceptors (Lipinski definition) is 8. The van der Waals surface area contributed by atoms with Crippen molar-refractivity contribution < 1.29 is 23.9 Å². The highest BCUT2D eigenvalue weighted by Crippen LogP contribution is 2.32. The summed E-state index contributed by atoms with van der Waals surface area (Å²) < 4.78 is 13.5. The number of fused-ring (bicyclic) bond motifs is 4. The average molecular weight is 628 g/mol. The summed E-state index contributed by atoms with van der Waals surface area (Å²) in [4.78, 5) is 57.5. The quantitative estimate of drug-likeness (QED) is 0.291. The molecule has 46 heavy (non-hydrogen) atoms. The van der Waals surface area contributed by atoms with E-state index in [1.807, 2.05) is 59.3 Å². The maximum Gasteiger partial charge on any atom is 0.264 e. The fraction of sp³-hybridized carbons (Fsp3) is 0.333. The highest BCUT2D eigenvalue weighted by molar-refractivity contribution is 5.90. The minimum atomic E-state index is -0.856. The number of nitrogens with zero attached hydrogens (tertiary/aromatic N) is 4. The SMILES string of the molecule is COc1ccc2cc1OCCCN(C(=O)CCc1ccc(=O)[nH]n1)CC(=O)N[C@@H](Cc1ccccc1)C(=O)NCCn1ccnc1-2. The maximum absolute atomic E-state index is 13.4. The largest absolute Gasteiger partial charge is 0.493 e. The van der Waals surface area contributed by atoms with Crippen LogP contribution in [0, 0.1) is 0 Å². The number of ether oxygens (including phenoxy) is 2. The Morgan fingerprint density at radius 2 is 1.91 bits per heavy atom. The van der Waals surface area contributed by atoms with E-state index in [0.717, 1.165) is 11.1 Å². The number of carbonyl (C=O) groups is 3. The lowest BCUT2D eigenvalue weighted by Gasteiger charge is -2.25. The number of aromatic amines is 1. The van der Waals surface area contributed by atoms with Gasteiger partial charge in [-0.3, -0.25) is 19.2 Å². The van der Waals surface area contributed by atoms with Crippen LogP contribution >= 0.6 is 0 Å². The van der Waals surface area contributed by atoms with E-state index in [-0.39, 0.29) is 56.3 Å². The zero-order chi connectivity index (χ0) is 32.3. The number of aromatic nitrogens is 4. The minimum absolute atomic E-state index is 0.0730. The second kappa shape index (κ2) is 15.5. The molecule has 0 saturated heterocycles. The molecule has 0 radical (unpaired) electrons. The number of rotatable bonds is 6. The second-order valence-electron chi connectivity index (χ2n) is 10.8. The van der Waals surface area contributed by atoms with Gasteiger partial charge in [-0.15, -0.1) is 0 Å². The molecule has 0 unspecified atom stereocenters. The van der Waals surface area contributed by atoms with Crippen LogP contribution in [0.1, 0.15) is 24.1 Å². The molecule has 1 aliphatic heterocycles. The molecule has 240 valence electrons. The number of H-pyrrole nitrogens is 1. The first-order valence-corrected chi connectivity index (χ1v) is 15.2. The van der Waals surface area contributed by atoms with E-state index < -0.39 is 11.9 Å². The maximum atomic E-state index is 13.4. The predicted molar refractivity (Wildman–Crippen MR) is 169 cm³/mol. The van der Waals surface area contributed by atoms with Gasteiger partial charge in [-0.1, -0.05) is 30.3 Å². The Bertz CT molecular complexity index is 1680. The summed E-state index contributed by atoms with van der Waals surface area (Å²) in [6, 6.07) is 17.0. The molecule has 13 heteroatoms. The summed E-state index contributed by atoms with van der Waals surface area (Å²) in [7, 11) is 1.56. The molecule has 0 spiro atoms. The molecule has 0 fully saturated rings. The van der Waals surface area contributed by atoms with Crippen molar-refractivity contribution in [2.75, 3.05) is 33.4 Å². The van der Waals surface area contributed by atoms with Crippen LogP contribution < -0.4 is 25.7 Å². The van der Waals surface area contributed by atoms with Crippen LogP contribution in [0.4, 0.5) is 0 Å². The molecule has 13 nitrogen and oxygen atoms in total. The lowest BCUT2D eigenvalue weighted by Crippen LogP contribution is -2.51. The fourth-order valence-electron chi connectivity index (χ4n) is 5.21. The first kappa shape index (κ1) is 31.9. The minimum Gasteiger partial charge on any atom is -0.493 e. The molecule has 0 aliphatic carbocycles. The molecule has 2 bridgehead atoms. The first-order valence-electron chi connectivity index (χ1n) is 15.2. The third kappa shape index (κ3) is 8.58. The van der Waals surface area contributed by atoms with Crippen LogP contribution in [0.25, 0.3) is 11.4 Å². The van der Waals surface area contributed by atoms with Crippen molar-refractivity contribution in [3.8, 4) is 22.9 Å². The molecule has 5 rings (SSSR count). The Morgan fingerprint density at radius 3 is 2.70 bits per heavy atom. The molecule has 3 amide bonds. The molecule has 1 atom stereocenters. The Hall–Kier alpha value is -5.46. The molecule has 2 aromatic heterocycles. The second-order valence-corrected chi connectivity index (χ2v) is 10.8. The lowest BCUT2D eigenvalue weighted by molar-refractivity contribution is -0.137. The Labute approximate surface area is 265 Å². The topological polar surface area (TPSA) is 161 Å². The summed E-state index contributed by atoms with van der Waals surface area (Å²) in [5.41, 5.74) is 1.92. The smallest absolute Gasteiger partial charge is 0.264 e. The van der Waals surface area contributed by atoms with Gasteiger partial charge in [0.25, 0.3) is 5.56 Å². The van der Waals surface area contributed by atoms with Crippen LogP contribution in [0.15, 0.2) is 77.9 Å². The van der Waals surface area contributed by atoms with E-state index in [4.69, 9.17) is 9.47 Å². The highest BCUT2D eigenvalue weighted by Gasteiger charge is 2.24. The van der Waals surface area contributed by atoms with Crippen molar-refractivity contribution in [3.05, 3.63) is 94.7 Å². The molecule has 1 aliphatic rings. The van der Waals surface area contributed by atoms with Gasteiger partial charge in [0.05, 0.1) is 26.0 Å². The van der Waals surface area contributed by atoms with Gasteiger partial charge in [-0.2, -0.15) is 5.10 Å². The number of amides is 3. The van der Waals surface area contributed by atoms with Gasteiger partial charge in [0.15, 0.2) is 11.5 Å². The van der Waals surface area contributed by atoms with Crippen molar-refractivity contribution in [2.24, 2.45) is 0 Å². The van der Waals surface area contributed by atoms with E-state index in [1.165, 1.54) is 11.0 Å². The molecular formula is C33H37N7O6. The summed E-state index contributed by atoms with van der Waals surface area (Å²) >= 11 is 0. The summed E-state index contributed by atoms with van der Waals surface area (Å²) in [5, 5.41) is 12.1. The van der Waals surface area contributed by atoms with E-state index in [9.17, 15) is 19.2 Å². The van der Waals surface area contributed by atoms with Gasteiger partial charge in [0.1, 0.15) is 11.9 Å². The van der Waals surface area contributed by atoms with E-state index in [1.54, 1.807) is 19.4 Å². The van der Waals surface area contributed by atoms with E-state index in [2.05, 4.69) is 25.8 Å². The first-order chi connectivity index (χ1) is 22.4. The average Bonchev–Trinajstić information content (AvgIpc) is 3.54. The summed E-state index contributed by atoms with van der Waals surface area (Å²) in [6.07, 6.45) is 4.59. The fourth-order valence-corrected chi connectivity index (χ4v) is 5.21. The Morgan fingerprint density at radius 1 is 1.07 bits per heavy atom. The molecular weight excluding hydrogens is 590 g/mol. The van der Waals surface area contributed by atoms with Gasteiger partial charge in [-0.05, 0) is 36.2 Å². The van der Waals surface area contributed by atoms with Gasteiger partial charge in [0, 0.05) is 62.9 Å². The predicted octanol–water partition coefficient (Wildman–Crippen LogP) is 1.73. The monoisotopic (exact) mass is 627 g/mol. The van der Waals surface area contributed by atoms with Crippen molar-refractivity contribution in [1.82, 2.24) is 35.3 Å². The normalized spacial score (nSPS) is 16.2. The van der Waals surface area contributed by atoms with Gasteiger partial charge in [-0.25, -0.2) is 10.1 Å². The number of nitrogens with one attached hydrogen (secondary N) is 3. The number of aryl methyl sites for hydroxylation is 1. The molecule has 2 aromatic carbocycles. The number of benzene rings is 2. The Kier molecular flexibility index (Phi) is 10.8. The molecule has 0 saturated carbocycles. The number of carbonyl (C=O) groups excluding carboxylic acids is 3. The molecule has 3 N–H and O–H groups in total. The zero-order valence-corrected chi connectivity index (χ0v) is 25.6. The zero-order valence-electron chi connectivity index (χ0n) is 25.6. The number of methoxy groups -OCH3 is 1. The highest BCUT2D eigenvalue weighted by atomic mass is 16.5. The van der Waals surface area contributed by atoms with Crippen LogP contribution in [-0.2, 0) is 33.8 Å².